The van der Waals surface area contributed by atoms with E-state index < -0.39 is 12.2 Å². The van der Waals surface area contributed by atoms with Gasteiger partial charge in [-0.15, -0.1) is 0 Å². The molecule has 0 saturated carbocycles. The van der Waals surface area contributed by atoms with Crippen LogP contribution < -0.4 is 4.90 Å². The van der Waals surface area contributed by atoms with E-state index >= 15 is 0 Å². The van der Waals surface area contributed by atoms with Gasteiger partial charge in [0.15, 0.2) is 0 Å². The Morgan fingerprint density at radius 2 is 1.56 bits per heavy atom. The van der Waals surface area contributed by atoms with Crippen LogP contribution in [0.5, 0.6) is 0 Å². The highest BCUT2D eigenvalue weighted by Crippen LogP contribution is 2.23. The number of anilines is 1. The van der Waals surface area contributed by atoms with Crippen molar-refractivity contribution in [3.05, 3.63) is 65.2 Å². The molecule has 7 heteroatoms. The summed E-state index contributed by atoms with van der Waals surface area (Å²) in [6.07, 6.45) is -1.71. The van der Waals surface area contributed by atoms with Crippen LogP contribution in [0.3, 0.4) is 0 Å². The average molecular weight is 370 g/mol. The molecule has 0 bridgehead atoms. The number of oxime groups is 1. The van der Waals surface area contributed by atoms with Gasteiger partial charge in [0.25, 0.3) is 0 Å². The predicted octanol–water partition coefficient (Wildman–Crippen LogP) is 4.28. The molecule has 0 saturated heterocycles. The third kappa shape index (κ3) is 5.07. The normalized spacial score (nSPS) is 10.9. The van der Waals surface area contributed by atoms with Gasteiger partial charge in [0.2, 0.25) is 0 Å². The molecule has 2 rings (SSSR count). The van der Waals surface area contributed by atoms with E-state index in [1.54, 1.807) is 24.3 Å². The van der Waals surface area contributed by atoms with Crippen LogP contribution in [0.2, 0.25) is 0 Å². The third-order valence-corrected chi connectivity index (χ3v) is 3.84. The Hall–Kier alpha value is -3.35. The molecule has 2 aromatic carbocycles. The number of para-hydroxylation sites is 1. The van der Waals surface area contributed by atoms with E-state index in [1.165, 1.54) is 14.2 Å². The summed E-state index contributed by atoms with van der Waals surface area (Å²) in [4.78, 5) is 30.2. The van der Waals surface area contributed by atoms with Crippen molar-refractivity contribution >= 4 is 23.6 Å². The van der Waals surface area contributed by atoms with E-state index in [2.05, 4.69) is 14.6 Å². The van der Waals surface area contributed by atoms with Crippen LogP contribution in [0, 0.1) is 6.92 Å². The molecule has 0 aliphatic heterocycles. The van der Waals surface area contributed by atoms with Gasteiger partial charge in [-0.1, -0.05) is 53.2 Å². The molecule has 0 fully saturated rings. The average Bonchev–Trinajstić information content (AvgIpc) is 2.69. The van der Waals surface area contributed by atoms with Gasteiger partial charge in [0.1, 0.15) is 6.61 Å². The molecule has 0 heterocycles. The molecule has 2 aromatic rings. The Bertz CT molecular complexity index is 815. The van der Waals surface area contributed by atoms with Crippen molar-refractivity contribution in [1.29, 1.82) is 0 Å². The number of carbonyl (C=O) groups excluding carboxylic acids is 2. The fraction of sp³-hybridized carbons (Fsp3) is 0.250. The number of amides is 2. The van der Waals surface area contributed by atoms with Crippen molar-refractivity contribution in [2.24, 2.45) is 5.16 Å². The van der Waals surface area contributed by atoms with Gasteiger partial charge in [0.05, 0.1) is 25.6 Å². The summed E-state index contributed by atoms with van der Waals surface area (Å²) < 4.78 is 9.35. The number of imide groups is 1. The van der Waals surface area contributed by atoms with E-state index in [0.717, 1.165) is 16.0 Å². The molecular formula is C20H22N2O5. The molecule has 0 radical (unpaired) electrons. The standard InChI is InChI=1S/C20H22N2O5/c1-14-9-11-16(12-10-14)15(2)21-27-13-17-7-5-6-8-18(17)22(19(23)25-3)20(24)26-4/h5-12H,13H2,1-4H3/b21-15+. The summed E-state index contributed by atoms with van der Waals surface area (Å²) in [5.41, 5.74) is 3.70. The van der Waals surface area contributed by atoms with Gasteiger partial charge < -0.3 is 14.3 Å². The van der Waals surface area contributed by atoms with Gasteiger partial charge in [0, 0.05) is 5.56 Å². The summed E-state index contributed by atoms with van der Waals surface area (Å²) in [7, 11) is 2.37. The second kappa shape index (κ2) is 9.38. The molecule has 0 unspecified atom stereocenters. The number of nitrogens with zero attached hydrogens (tertiary/aromatic N) is 2. The van der Waals surface area contributed by atoms with Crippen LogP contribution in [-0.4, -0.2) is 32.1 Å². The van der Waals surface area contributed by atoms with Gasteiger partial charge in [-0.25, -0.2) is 9.59 Å². The Labute approximate surface area is 158 Å². The number of carbonyl (C=O) groups is 2. The van der Waals surface area contributed by atoms with Crippen LogP contribution >= 0.6 is 0 Å². The second-order valence-corrected chi connectivity index (χ2v) is 5.72. The highest BCUT2D eigenvalue weighted by atomic mass is 16.6. The molecule has 0 spiro atoms. The van der Waals surface area contributed by atoms with E-state index in [0.29, 0.717) is 17.0 Å². The molecule has 0 aliphatic rings. The van der Waals surface area contributed by atoms with E-state index in [9.17, 15) is 9.59 Å². The fourth-order valence-corrected chi connectivity index (χ4v) is 2.35. The monoisotopic (exact) mass is 370 g/mol. The Balaban J connectivity index is 2.20. The lowest BCUT2D eigenvalue weighted by Crippen LogP contribution is -2.37. The van der Waals surface area contributed by atoms with Crippen LogP contribution in [0.4, 0.5) is 15.3 Å². The maximum absolute atomic E-state index is 12.0. The van der Waals surface area contributed by atoms with E-state index in [4.69, 9.17) is 4.84 Å². The first kappa shape index (κ1) is 20.0. The Morgan fingerprint density at radius 3 is 2.15 bits per heavy atom. The Kier molecular flexibility index (Phi) is 6.93. The molecule has 0 N–H and O–H groups in total. The molecule has 27 heavy (non-hydrogen) atoms. The number of benzene rings is 2. The van der Waals surface area contributed by atoms with E-state index in [-0.39, 0.29) is 6.61 Å². The zero-order valence-corrected chi connectivity index (χ0v) is 15.8. The summed E-state index contributed by atoms with van der Waals surface area (Å²) in [6, 6.07) is 14.7. The number of ether oxygens (including phenoxy) is 2. The van der Waals surface area contributed by atoms with Gasteiger partial charge in [-0.3, -0.25) is 0 Å². The summed E-state index contributed by atoms with van der Waals surface area (Å²) in [6.45, 7) is 3.91. The van der Waals surface area contributed by atoms with Crippen molar-refractivity contribution in [2.45, 2.75) is 20.5 Å². The van der Waals surface area contributed by atoms with Gasteiger partial charge in [-0.05, 0) is 25.5 Å². The minimum absolute atomic E-state index is 0.0594. The lowest BCUT2D eigenvalue weighted by molar-refractivity contribution is 0.130. The van der Waals surface area contributed by atoms with Crippen molar-refractivity contribution in [3.8, 4) is 0 Å². The van der Waals surface area contributed by atoms with E-state index in [1.807, 2.05) is 38.1 Å². The SMILES string of the molecule is COC(=O)N(C(=O)OC)c1ccccc1CO/N=C(\C)c1ccc(C)cc1. The minimum Gasteiger partial charge on any atom is -0.452 e. The van der Waals surface area contributed by atoms with Gasteiger partial charge in [-0.2, -0.15) is 4.90 Å². The Morgan fingerprint density at radius 1 is 0.963 bits per heavy atom. The molecule has 0 atom stereocenters. The lowest BCUT2D eigenvalue weighted by Gasteiger charge is -2.20. The fourth-order valence-electron chi connectivity index (χ4n) is 2.35. The van der Waals surface area contributed by atoms with Crippen LogP contribution in [-0.2, 0) is 20.9 Å². The summed E-state index contributed by atoms with van der Waals surface area (Å²) in [5.74, 6) is 0. The second-order valence-electron chi connectivity index (χ2n) is 5.72. The zero-order chi connectivity index (χ0) is 19.8. The summed E-state index contributed by atoms with van der Waals surface area (Å²) >= 11 is 0. The third-order valence-electron chi connectivity index (χ3n) is 3.84. The maximum Gasteiger partial charge on any atom is 0.423 e. The minimum atomic E-state index is -0.853. The molecule has 142 valence electrons. The number of hydrogen-bond acceptors (Lipinski definition) is 6. The van der Waals surface area contributed by atoms with Crippen LogP contribution in [0.15, 0.2) is 53.7 Å². The smallest absolute Gasteiger partial charge is 0.423 e. The molecule has 7 nitrogen and oxygen atoms in total. The van der Waals surface area contributed by atoms with Gasteiger partial charge >= 0.3 is 12.2 Å². The van der Waals surface area contributed by atoms with Crippen LogP contribution in [0.1, 0.15) is 23.6 Å². The van der Waals surface area contributed by atoms with Crippen molar-refractivity contribution in [2.75, 3.05) is 19.1 Å². The molecular weight excluding hydrogens is 348 g/mol. The van der Waals surface area contributed by atoms with Crippen molar-refractivity contribution < 1.29 is 23.9 Å². The highest BCUT2D eigenvalue weighted by molar-refractivity contribution is 6.09. The maximum atomic E-state index is 12.0. The number of hydrogen-bond donors (Lipinski definition) is 0. The first-order valence-electron chi connectivity index (χ1n) is 8.25. The van der Waals surface area contributed by atoms with Crippen molar-refractivity contribution in [3.63, 3.8) is 0 Å². The molecule has 0 aromatic heterocycles. The largest absolute Gasteiger partial charge is 0.452 e. The molecule has 0 aliphatic carbocycles. The quantitative estimate of drug-likeness (QED) is 0.580. The predicted molar refractivity (Wildman–Crippen MR) is 102 cm³/mol. The summed E-state index contributed by atoms with van der Waals surface area (Å²) in [5, 5.41) is 4.12. The number of methoxy groups -OCH3 is 2. The zero-order valence-electron chi connectivity index (χ0n) is 15.8. The first-order chi connectivity index (χ1) is 13.0. The number of rotatable bonds is 5. The van der Waals surface area contributed by atoms with Crippen molar-refractivity contribution in [1.82, 2.24) is 0 Å². The lowest BCUT2D eigenvalue weighted by atomic mass is 10.1. The topological polar surface area (TPSA) is 77.4 Å². The number of aryl methyl sites for hydroxylation is 1. The first-order valence-corrected chi connectivity index (χ1v) is 8.25. The van der Waals surface area contributed by atoms with Crippen LogP contribution in [0.25, 0.3) is 0 Å². The highest BCUT2D eigenvalue weighted by Gasteiger charge is 2.27. The molecule has 2 amide bonds.